The number of aliphatic imine (C=N–C) groups is 1. The standard InChI is InChI=1S/C5H12N2O/c1-3-6-5-7(8)4-2/h5,8H,3-4H2,1-2H3. The summed E-state index contributed by atoms with van der Waals surface area (Å²) < 4.78 is 0. The molecule has 0 rings (SSSR count). The number of nitrogens with zero attached hydrogens (tertiary/aromatic N) is 2. The Balaban J connectivity index is 3.21. The van der Waals surface area contributed by atoms with Crippen LogP contribution >= 0.6 is 0 Å². The van der Waals surface area contributed by atoms with Crippen molar-refractivity contribution in [2.24, 2.45) is 4.99 Å². The first-order valence-corrected chi connectivity index (χ1v) is 2.76. The van der Waals surface area contributed by atoms with E-state index < -0.39 is 0 Å². The average molecular weight is 116 g/mol. The minimum absolute atomic E-state index is 0.587. The third kappa shape index (κ3) is 3.61. The van der Waals surface area contributed by atoms with Gasteiger partial charge >= 0.3 is 0 Å². The van der Waals surface area contributed by atoms with Gasteiger partial charge in [0.1, 0.15) is 6.34 Å². The predicted molar refractivity (Wildman–Crippen MR) is 33.2 cm³/mol. The Morgan fingerprint density at radius 1 is 1.62 bits per heavy atom. The number of rotatable bonds is 3. The van der Waals surface area contributed by atoms with Gasteiger partial charge in [0.05, 0.1) is 0 Å². The maximum absolute atomic E-state index is 8.67. The van der Waals surface area contributed by atoms with Crippen LogP contribution in [0, 0.1) is 0 Å². The predicted octanol–water partition coefficient (Wildman–Crippen LogP) is 0.746. The first-order valence-electron chi connectivity index (χ1n) is 2.76. The first-order chi connectivity index (χ1) is 3.81. The van der Waals surface area contributed by atoms with Gasteiger partial charge in [0.15, 0.2) is 0 Å². The molecule has 48 valence electrons. The van der Waals surface area contributed by atoms with Crippen LogP contribution < -0.4 is 0 Å². The van der Waals surface area contributed by atoms with E-state index in [-0.39, 0.29) is 0 Å². The van der Waals surface area contributed by atoms with E-state index in [2.05, 4.69) is 4.99 Å². The molecule has 1 N–H and O–H groups in total. The summed E-state index contributed by atoms with van der Waals surface area (Å²) in [4.78, 5) is 3.79. The lowest BCUT2D eigenvalue weighted by Gasteiger charge is -2.04. The first kappa shape index (κ1) is 7.43. The molecule has 8 heavy (non-hydrogen) atoms. The fourth-order valence-electron chi connectivity index (χ4n) is 0.258. The van der Waals surface area contributed by atoms with Crippen molar-refractivity contribution >= 4 is 6.34 Å². The van der Waals surface area contributed by atoms with E-state index in [1.807, 2.05) is 13.8 Å². The van der Waals surface area contributed by atoms with Gasteiger partial charge in [0.25, 0.3) is 0 Å². The zero-order chi connectivity index (χ0) is 6.41. The molecule has 0 fully saturated rings. The van der Waals surface area contributed by atoms with Crippen molar-refractivity contribution in [3.05, 3.63) is 0 Å². The summed E-state index contributed by atoms with van der Waals surface area (Å²) in [6.07, 6.45) is 1.42. The Hall–Kier alpha value is -0.570. The van der Waals surface area contributed by atoms with Crippen molar-refractivity contribution in [3.8, 4) is 0 Å². The second-order valence-electron chi connectivity index (χ2n) is 1.37. The zero-order valence-corrected chi connectivity index (χ0v) is 5.33. The minimum Gasteiger partial charge on any atom is -0.288 e. The topological polar surface area (TPSA) is 35.8 Å². The summed E-state index contributed by atoms with van der Waals surface area (Å²) in [5.41, 5.74) is 0. The van der Waals surface area contributed by atoms with Crippen LogP contribution in [0.25, 0.3) is 0 Å². The second-order valence-corrected chi connectivity index (χ2v) is 1.37. The molecule has 0 spiro atoms. The Labute approximate surface area is 49.6 Å². The van der Waals surface area contributed by atoms with Crippen LogP contribution in [0.5, 0.6) is 0 Å². The number of hydroxylamine groups is 2. The van der Waals surface area contributed by atoms with Gasteiger partial charge in [-0.25, -0.2) is 5.06 Å². The highest BCUT2D eigenvalue weighted by Crippen LogP contribution is 1.72. The van der Waals surface area contributed by atoms with E-state index in [1.165, 1.54) is 6.34 Å². The summed E-state index contributed by atoms with van der Waals surface area (Å²) >= 11 is 0. The molecule has 0 aliphatic rings. The molecular formula is C5H12N2O. The highest BCUT2D eigenvalue weighted by atomic mass is 16.5. The molecule has 3 nitrogen and oxygen atoms in total. The zero-order valence-electron chi connectivity index (χ0n) is 5.33. The molecule has 0 saturated heterocycles. The van der Waals surface area contributed by atoms with Gasteiger partial charge in [-0.1, -0.05) is 0 Å². The highest BCUT2D eigenvalue weighted by Gasteiger charge is 1.81. The molecule has 0 aliphatic heterocycles. The average Bonchev–Trinajstić information content (AvgIpc) is 1.83. The molecule has 0 bridgehead atoms. The van der Waals surface area contributed by atoms with Crippen molar-refractivity contribution in [1.29, 1.82) is 0 Å². The van der Waals surface area contributed by atoms with Crippen LogP contribution in [-0.4, -0.2) is 29.7 Å². The van der Waals surface area contributed by atoms with Gasteiger partial charge in [0.2, 0.25) is 0 Å². The number of hydrogen-bond donors (Lipinski definition) is 1. The quantitative estimate of drug-likeness (QED) is 0.335. The smallest absolute Gasteiger partial charge is 0.110 e. The summed E-state index contributed by atoms with van der Waals surface area (Å²) in [6, 6.07) is 0. The van der Waals surface area contributed by atoms with Crippen molar-refractivity contribution in [3.63, 3.8) is 0 Å². The Morgan fingerprint density at radius 2 is 2.25 bits per heavy atom. The Bertz CT molecular complexity index is 72.8. The van der Waals surface area contributed by atoms with E-state index in [0.717, 1.165) is 11.6 Å². The van der Waals surface area contributed by atoms with Crippen LogP contribution in [0.2, 0.25) is 0 Å². The van der Waals surface area contributed by atoms with Gasteiger partial charge in [-0.15, -0.1) is 0 Å². The van der Waals surface area contributed by atoms with E-state index in [9.17, 15) is 0 Å². The van der Waals surface area contributed by atoms with Gasteiger partial charge < -0.3 is 0 Å². The molecule has 0 unspecified atom stereocenters. The Morgan fingerprint density at radius 3 is 2.62 bits per heavy atom. The molecule has 0 saturated carbocycles. The van der Waals surface area contributed by atoms with Crippen LogP contribution in [0.4, 0.5) is 0 Å². The lowest BCUT2D eigenvalue weighted by Crippen LogP contribution is -2.15. The van der Waals surface area contributed by atoms with Gasteiger partial charge in [-0.05, 0) is 13.8 Å². The van der Waals surface area contributed by atoms with Crippen LogP contribution in [0.1, 0.15) is 13.8 Å². The normalized spacial score (nSPS) is 10.4. The third-order valence-electron chi connectivity index (χ3n) is 0.722. The summed E-state index contributed by atoms with van der Waals surface area (Å²) in [5.74, 6) is 0. The molecule has 0 atom stereocenters. The van der Waals surface area contributed by atoms with E-state index in [1.54, 1.807) is 0 Å². The molecule has 0 aromatic rings. The maximum Gasteiger partial charge on any atom is 0.110 e. The SMILES string of the molecule is CCN=CN(O)CC. The van der Waals surface area contributed by atoms with Gasteiger partial charge in [0, 0.05) is 13.1 Å². The van der Waals surface area contributed by atoms with Crippen molar-refractivity contribution in [2.75, 3.05) is 13.1 Å². The second kappa shape index (κ2) is 4.59. The summed E-state index contributed by atoms with van der Waals surface area (Å²) in [7, 11) is 0. The van der Waals surface area contributed by atoms with E-state index in [0.29, 0.717) is 6.54 Å². The number of hydrogen-bond acceptors (Lipinski definition) is 2. The van der Waals surface area contributed by atoms with E-state index in [4.69, 9.17) is 5.21 Å². The van der Waals surface area contributed by atoms with Crippen molar-refractivity contribution in [1.82, 2.24) is 5.06 Å². The summed E-state index contributed by atoms with van der Waals surface area (Å²) in [5, 5.41) is 9.72. The van der Waals surface area contributed by atoms with Crippen molar-refractivity contribution in [2.45, 2.75) is 13.8 Å². The highest BCUT2D eigenvalue weighted by molar-refractivity contribution is 5.52. The molecule has 0 radical (unpaired) electrons. The van der Waals surface area contributed by atoms with Crippen LogP contribution in [0.3, 0.4) is 0 Å². The lowest BCUT2D eigenvalue weighted by atomic mass is 10.7. The summed E-state index contributed by atoms with van der Waals surface area (Å²) in [6.45, 7) is 5.07. The molecule has 0 aliphatic carbocycles. The van der Waals surface area contributed by atoms with Crippen molar-refractivity contribution < 1.29 is 5.21 Å². The monoisotopic (exact) mass is 116 g/mol. The molecule has 0 heterocycles. The Kier molecular flexibility index (Phi) is 4.26. The maximum atomic E-state index is 8.67. The fraction of sp³-hybridized carbons (Fsp3) is 0.800. The van der Waals surface area contributed by atoms with Crippen LogP contribution in [-0.2, 0) is 0 Å². The molecule has 0 aromatic carbocycles. The largest absolute Gasteiger partial charge is 0.288 e. The van der Waals surface area contributed by atoms with E-state index >= 15 is 0 Å². The molecule has 0 aromatic heterocycles. The third-order valence-corrected chi connectivity index (χ3v) is 0.722. The molecule has 3 heteroatoms. The fourth-order valence-corrected chi connectivity index (χ4v) is 0.258. The van der Waals surface area contributed by atoms with Gasteiger partial charge in [-0.2, -0.15) is 0 Å². The lowest BCUT2D eigenvalue weighted by molar-refractivity contribution is -0.00310. The molecular weight excluding hydrogens is 104 g/mol. The molecule has 0 amide bonds. The van der Waals surface area contributed by atoms with Gasteiger partial charge in [-0.3, -0.25) is 10.2 Å². The van der Waals surface area contributed by atoms with Crippen LogP contribution in [0.15, 0.2) is 4.99 Å². The minimum atomic E-state index is 0.587.